The minimum Gasteiger partial charge on any atom is -0.388 e. The van der Waals surface area contributed by atoms with Gasteiger partial charge in [0.05, 0.1) is 12.2 Å². The van der Waals surface area contributed by atoms with E-state index < -0.39 is 24.6 Å². The summed E-state index contributed by atoms with van der Waals surface area (Å²) in [6.07, 6.45) is 8.72. The summed E-state index contributed by atoms with van der Waals surface area (Å²) in [7, 11) is 0. The van der Waals surface area contributed by atoms with Crippen molar-refractivity contribution in [2.45, 2.75) is 83.8 Å². The number of likely N-dealkylation sites (tertiary alicyclic amines) is 1. The van der Waals surface area contributed by atoms with Crippen LogP contribution in [0.15, 0.2) is 35.5 Å². The number of alkyl halides is 2. The average Bonchev–Trinajstić information content (AvgIpc) is 3.34. The maximum absolute atomic E-state index is 13.1. The molecule has 0 aromatic heterocycles. The van der Waals surface area contributed by atoms with Crippen LogP contribution in [0.5, 0.6) is 0 Å². The highest BCUT2D eigenvalue weighted by Crippen LogP contribution is 2.59. The molecular formula is C27H41F2NO2. The van der Waals surface area contributed by atoms with E-state index in [-0.39, 0.29) is 5.41 Å². The monoisotopic (exact) mass is 449 g/mol. The minimum atomic E-state index is -2.19. The molecule has 32 heavy (non-hydrogen) atoms. The van der Waals surface area contributed by atoms with Crippen LogP contribution >= 0.6 is 0 Å². The average molecular weight is 450 g/mol. The van der Waals surface area contributed by atoms with E-state index in [1.807, 2.05) is 0 Å². The number of hydrogen-bond donors (Lipinski definition) is 2. The standard InChI is InChI=1S/C27H41F2NO2/c1-17(15-30-12-10-21(16-30)26(28)29)22-8-9-23-20(5-4-11-27(22,23)3)7-6-19-13-24(31)18(2)25(32)14-19/h6-7,17,21-26,31-32H,2,4-5,8-16H2,1,3H3/b20-7+/t17?,21-,22-,23+,24-,25-,27-/m1/s1. The SMILES string of the molecule is C=C1[C@H](O)CC(=C/C=C2\CCC[C@]3(C)[C@@H](C(C)CN4CC[C@@H](C(F)F)C4)CC[C@@H]23)C[C@H]1O. The van der Waals surface area contributed by atoms with E-state index >= 15 is 0 Å². The first-order chi connectivity index (χ1) is 15.2. The normalized spacial score (nSPS) is 40.8. The molecule has 5 heteroatoms. The predicted octanol–water partition coefficient (Wildman–Crippen LogP) is 5.35. The molecule has 3 nitrogen and oxygen atoms in total. The zero-order valence-electron chi connectivity index (χ0n) is 19.8. The first kappa shape index (κ1) is 24.1. The molecule has 7 atom stereocenters. The number of nitrogens with zero attached hydrogens (tertiary/aromatic N) is 1. The summed E-state index contributed by atoms with van der Waals surface area (Å²) in [5, 5.41) is 20.3. The molecule has 1 unspecified atom stereocenters. The third kappa shape index (κ3) is 4.76. The van der Waals surface area contributed by atoms with Gasteiger partial charge in [-0.25, -0.2) is 8.78 Å². The third-order valence-electron chi connectivity index (χ3n) is 9.24. The Labute approximate surface area is 192 Å². The number of aliphatic hydroxyl groups excluding tert-OH is 2. The van der Waals surface area contributed by atoms with E-state index in [9.17, 15) is 19.0 Å². The molecule has 0 radical (unpaired) electrons. The van der Waals surface area contributed by atoms with Crippen LogP contribution in [0.3, 0.4) is 0 Å². The third-order valence-corrected chi connectivity index (χ3v) is 9.24. The lowest BCUT2D eigenvalue weighted by Gasteiger charge is -2.45. The Bertz CT molecular complexity index is 747. The molecule has 0 aromatic rings. The number of halogens is 2. The van der Waals surface area contributed by atoms with Gasteiger partial charge in [0.15, 0.2) is 0 Å². The van der Waals surface area contributed by atoms with Crippen LogP contribution < -0.4 is 0 Å². The minimum absolute atomic E-state index is 0.281. The van der Waals surface area contributed by atoms with Crippen LogP contribution in [-0.2, 0) is 0 Å². The van der Waals surface area contributed by atoms with Crippen molar-refractivity contribution >= 4 is 0 Å². The Morgan fingerprint density at radius 2 is 1.88 bits per heavy atom. The first-order valence-corrected chi connectivity index (χ1v) is 12.6. The van der Waals surface area contributed by atoms with Crippen molar-refractivity contribution in [3.8, 4) is 0 Å². The van der Waals surface area contributed by atoms with Crippen molar-refractivity contribution in [2.24, 2.45) is 29.1 Å². The van der Waals surface area contributed by atoms with Gasteiger partial charge in [0.1, 0.15) is 0 Å². The lowest BCUT2D eigenvalue weighted by Crippen LogP contribution is -2.39. The fraction of sp³-hybridized carbons (Fsp3) is 0.778. The molecule has 0 amide bonds. The second kappa shape index (κ2) is 9.68. The molecule has 180 valence electrons. The van der Waals surface area contributed by atoms with Gasteiger partial charge in [-0.3, -0.25) is 0 Å². The number of allylic oxidation sites excluding steroid dienone is 3. The molecule has 0 bridgehead atoms. The number of aliphatic hydroxyl groups is 2. The van der Waals surface area contributed by atoms with E-state index in [0.717, 1.165) is 25.1 Å². The van der Waals surface area contributed by atoms with Gasteiger partial charge in [0, 0.05) is 19.0 Å². The van der Waals surface area contributed by atoms with E-state index in [4.69, 9.17) is 0 Å². The molecule has 2 N–H and O–H groups in total. The molecule has 4 fully saturated rings. The van der Waals surface area contributed by atoms with Gasteiger partial charge in [-0.05, 0) is 86.7 Å². The van der Waals surface area contributed by atoms with Gasteiger partial charge in [-0.1, -0.05) is 43.7 Å². The van der Waals surface area contributed by atoms with Crippen LogP contribution in [0, 0.1) is 29.1 Å². The lowest BCUT2D eigenvalue weighted by atomic mass is 9.61. The Balaban J connectivity index is 1.42. The van der Waals surface area contributed by atoms with E-state index in [1.165, 1.54) is 31.3 Å². The Hall–Kier alpha value is -1.04. The molecule has 1 heterocycles. The highest BCUT2D eigenvalue weighted by molar-refractivity contribution is 5.29. The quantitative estimate of drug-likeness (QED) is 0.556. The van der Waals surface area contributed by atoms with Gasteiger partial charge >= 0.3 is 0 Å². The van der Waals surface area contributed by atoms with Crippen LogP contribution in [0.1, 0.15) is 65.2 Å². The van der Waals surface area contributed by atoms with Gasteiger partial charge < -0.3 is 15.1 Å². The number of fused-ring (bicyclic) bond motifs is 1. The van der Waals surface area contributed by atoms with Crippen LogP contribution in [0.25, 0.3) is 0 Å². The summed E-state index contributed by atoms with van der Waals surface area (Å²) in [6, 6.07) is 0. The molecule has 1 aliphatic heterocycles. The second-order valence-corrected chi connectivity index (χ2v) is 11.3. The van der Waals surface area contributed by atoms with Crippen LogP contribution in [-0.4, -0.2) is 53.4 Å². The van der Waals surface area contributed by atoms with Gasteiger partial charge in [0.25, 0.3) is 0 Å². The first-order valence-electron chi connectivity index (χ1n) is 12.6. The summed E-state index contributed by atoms with van der Waals surface area (Å²) in [4.78, 5) is 2.27. The molecule has 0 spiro atoms. The molecular weight excluding hydrogens is 408 g/mol. The molecule has 4 aliphatic rings. The summed E-state index contributed by atoms with van der Waals surface area (Å²) in [6.45, 7) is 10.9. The fourth-order valence-corrected chi connectivity index (χ4v) is 7.41. The van der Waals surface area contributed by atoms with Crippen LogP contribution in [0.4, 0.5) is 8.78 Å². The highest BCUT2D eigenvalue weighted by Gasteiger charge is 2.51. The van der Waals surface area contributed by atoms with E-state index in [0.29, 0.717) is 49.1 Å². The largest absolute Gasteiger partial charge is 0.388 e. The summed E-state index contributed by atoms with van der Waals surface area (Å²) in [5.41, 5.74) is 3.44. The van der Waals surface area contributed by atoms with E-state index in [2.05, 4.69) is 37.5 Å². The summed E-state index contributed by atoms with van der Waals surface area (Å²) in [5.74, 6) is 1.30. The van der Waals surface area contributed by atoms with Crippen molar-refractivity contribution in [1.29, 1.82) is 0 Å². The van der Waals surface area contributed by atoms with Crippen molar-refractivity contribution in [2.75, 3.05) is 19.6 Å². The molecule has 1 saturated heterocycles. The smallest absolute Gasteiger partial charge is 0.242 e. The van der Waals surface area contributed by atoms with Crippen molar-refractivity contribution in [1.82, 2.24) is 4.90 Å². The predicted molar refractivity (Wildman–Crippen MR) is 124 cm³/mol. The second-order valence-electron chi connectivity index (χ2n) is 11.3. The Morgan fingerprint density at radius 3 is 2.53 bits per heavy atom. The zero-order chi connectivity index (χ0) is 23.0. The lowest BCUT2D eigenvalue weighted by molar-refractivity contribution is 0.0672. The molecule has 3 saturated carbocycles. The van der Waals surface area contributed by atoms with Crippen LogP contribution in [0.2, 0.25) is 0 Å². The molecule has 3 aliphatic carbocycles. The molecule has 0 aromatic carbocycles. The number of hydrogen-bond acceptors (Lipinski definition) is 3. The Morgan fingerprint density at radius 1 is 1.16 bits per heavy atom. The van der Waals surface area contributed by atoms with Crippen molar-refractivity contribution in [3.05, 3.63) is 35.5 Å². The van der Waals surface area contributed by atoms with Crippen molar-refractivity contribution in [3.63, 3.8) is 0 Å². The zero-order valence-corrected chi connectivity index (χ0v) is 19.8. The summed E-state index contributed by atoms with van der Waals surface area (Å²) >= 11 is 0. The molecule has 4 rings (SSSR count). The summed E-state index contributed by atoms with van der Waals surface area (Å²) < 4.78 is 26.2. The van der Waals surface area contributed by atoms with E-state index in [1.54, 1.807) is 0 Å². The topological polar surface area (TPSA) is 43.7 Å². The van der Waals surface area contributed by atoms with Gasteiger partial charge in [0.2, 0.25) is 6.43 Å². The fourth-order valence-electron chi connectivity index (χ4n) is 7.41. The highest BCUT2D eigenvalue weighted by atomic mass is 19.3. The number of rotatable bonds is 5. The maximum atomic E-state index is 13.1. The van der Waals surface area contributed by atoms with Crippen molar-refractivity contribution < 1.29 is 19.0 Å². The Kier molecular flexibility index (Phi) is 7.29. The van der Waals surface area contributed by atoms with Gasteiger partial charge in [-0.2, -0.15) is 0 Å². The maximum Gasteiger partial charge on any atom is 0.242 e. The van der Waals surface area contributed by atoms with Gasteiger partial charge in [-0.15, -0.1) is 0 Å².